The van der Waals surface area contributed by atoms with Crippen LogP contribution in [0, 0.1) is 5.92 Å². The van der Waals surface area contributed by atoms with Crippen LogP contribution in [0.4, 0.5) is 0 Å². The van der Waals surface area contributed by atoms with Gasteiger partial charge in [0.15, 0.2) is 0 Å². The highest BCUT2D eigenvalue weighted by Gasteiger charge is 2.09. The van der Waals surface area contributed by atoms with Crippen molar-refractivity contribution in [1.29, 1.82) is 0 Å². The highest BCUT2D eigenvalue weighted by atomic mass is 35.5. The Bertz CT molecular complexity index is 396. The first-order valence-corrected chi connectivity index (χ1v) is 10.5. The number of carbonyl (C=O) groups excluding carboxylic acids is 1. The third-order valence-corrected chi connectivity index (χ3v) is 3.91. The fraction of sp³-hybridized carbons (Fsp3) is 0.667. The largest absolute Gasteiger partial charge is 0.396 e. The first kappa shape index (κ1) is 32.9. The normalized spacial score (nSPS) is 14.8. The van der Waals surface area contributed by atoms with Gasteiger partial charge in [-0.05, 0) is 32.0 Å². The number of rotatable bonds is 5. The van der Waals surface area contributed by atoms with Gasteiger partial charge in [-0.1, -0.05) is 49.2 Å². The number of benzene rings is 1. The van der Waals surface area contributed by atoms with Gasteiger partial charge in [-0.25, -0.2) is 0 Å². The number of hydrogen-bond acceptors (Lipinski definition) is 6. The Kier molecular flexibility index (Phi) is 33.5. The van der Waals surface area contributed by atoms with Crippen LogP contribution in [0.25, 0.3) is 0 Å². The monoisotopic (exact) mass is 454 g/mol. The molecule has 1 heterocycles. The summed E-state index contributed by atoms with van der Waals surface area (Å²) >= 11 is 11.2. The number of carbonyl (C=O) groups is 1. The fourth-order valence-corrected chi connectivity index (χ4v) is 2.09. The van der Waals surface area contributed by atoms with Crippen LogP contribution >= 0.6 is 23.2 Å². The van der Waals surface area contributed by atoms with Gasteiger partial charge in [-0.15, -0.1) is 0 Å². The lowest BCUT2D eigenvalue weighted by atomic mass is 10.1. The minimum absolute atomic E-state index is 0.319. The third kappa shape index (κ3) is 27.3. The van der Waals surface area contributed by atoms with Gasteiger partial charge in [0.2, 0.25) is 0 Å². The Morgan fingerprint density at radius 2 is 1.79 bits per heavy atom. The molecule has 0 bridgehead atoms. The predicted molar refractivity (Wildman–Crippen MR) is 124 cm³/mol. The Morgan fingerprint density at radius 1 is 1.24 bits per heavy atom. The zero-order valence-corrected chi connectivity index (χ0v) is 19.9. The molecular weight excluding hydrogens is 415 g/mol. The summed E-state index contributed by atoms with van der Waals surface area (Å²) in [6, 6.07) is 7.19. The highest BCUT2D eigenvalue weighted by Crippen LogP contribution is 2.19. The molecule has 3 N–H and O–H groups in total. The molecule has 0 aliphatic carbocycles. The van der Waals surface area contributed by atoms with Gasteiger partial charge >= 0.3 is 0 Å². The summed E-state index contributed by atoms with van der Waals surface area (Å²) in [7, 11) is 3.69. The molecule has 2 rings (SSSR count). The second-order valence-electron chi connectivity index (χ2n) is 5.83. The summed E-state index contributed by atoms with van der Waals surface area (Å²) in [5.74, 6) is 0.646. The highest BCUT2D eigenvalue weighted by molar-refractivity contribution is 6.41. The predicted octanol–water partition coefficient (Wildman–Crippen LogP) is 3.68. The van der Waals surface area contributed by atoms with E-state index >= 15 is 0 Å². The van der Waals surface area contributed by atoms with E-state index in [0.29, 0.717) is 22.6 Å². The van der Waals surface area contributed by atoms with E-state index < -0.39 is 0 Å². The van der Waals surface area contributed by atoms with Crippen LogP contribution in [0.3, 0.4) is 0 Å². The third-order valence-electron chi connectivity index (χ3n) is 3.16. The fourth-order valence-electron chi connectivity index (χ4n) is 1.82. The molecule has 1 aliphatic heterocycles. The van der Waals surface area contributed by atoms with Crippen molar-refractivity contribution in [3.63, 3.8) is 0 Å². The van der Waals surface area contributed by atoms with Crippen molar-refractivity contribution in [3.05, 3.63) is 34.3 Å². The molecule has 8 heteroatoms. The number of aliphatic hydroxyl groups is 1. The Morgan fingerprint density at radius 3 is 2.14 bits per heavy atom. The van der Waals surface area contributed by atoms with Crippen molar-refractivity contribution in [2.24, 2.45) is 5.92 Å². The van der Waals surface area contributed by atoms with Crippen LogP contribution in [0.1, 0.15) is 26.7 Å². The first-order chi connectivity index (χ1) is 14.1. The molecule has 1 aliphatic rings. The smallest absolute Gasteiger partial charge is 0.106 e. The number of nitrogens with one attached hydrogen (secondary N) is 2. The standard InChI is InChI=1S/C7H16N2O.C6H4Cl2.C4H10O.C3H8O.CH2O/c1-8-4-7-5-9-2-3-10-6-7;7-5-3-1-2-4-6(5)8;1-3-4-5-2;1-2-3-4;1-2/h7-9H,2-6H2,1H3;1-4H;3-4H2,1-2H3;4H,2-3H2,1H3;1H2. The Labute approximate surface area is 187 Å². The number of halogens is 2. The van der Waals surface area contributed by atoms with E-state index in [1.54, 1.807) is 19.2 Å². The van der Waals surface area contributed by atoms with Gasteiger partial charge in [0.1, 0.15) is 6.79 Å². The van der Waals surface area contributed by atoms with E-state index in [-0.39, 0.29) is 0 Å². The van der Waals surface area contributed by atoms with Crippen molar-refractivity contribution < 1.29 is 19.4 Å². The molecule has 1 aromatic rings. The second-order valence-corrected chi connectivity index (χ2v) is 6.65. The minimum Gasteiger partial charge on any atom is -0.396 e. The number of methoxy groups -OCH3 is 1. The number of ether oxygens (including phenoxy) is 2. The van der Waals surface area contributed by atoms with Crippen molar-refractivity contribution in [1.82, 2.24) is 10.6 Å². The van der Waals surface area contributed by atoms with E-state index in [9.17, 15) is 0 Å². The van der Waals surface area contributed by atoms with Gasteiger partial charge in [-0.3, -0.25) is 0 Å². The average Bonchev–Trinajstić information content (AvgIpc) is 3.03. The summed E-state index contributed by atoms with van der Waals surface area (Å²) in [6.45, 7) is 12.1. The lowest BCUT2D eigenvalue weighted by Crippen LogP contribution is -2.30. The SMILES string of the molecule is C=O.CCCO.CCCOC.CNCC1CNCCOC1.Clc1ccccc1Cl. The van der Waals surface area contributed by atoms with Gasteiger partial charge in [0.25, 0.3) is 0 Å². The topological polar surface area (TPSA) is 79.8 Å². The number of aliphatic hydroxyl groups excluding tert-OH is 1. The molecule has 29 heavy (non-hydrogen) atoms. The Balaban J connectivity index is -0.000000320. The molecule has 0 aromatic heterocycles. The molecule has 172 valence electrons. The lowest BCUT2D eigenvalue weighted by Gasteiger charge is -2.11. The summed E-state index contributed by atoms with van der Waals surface area (Å²) in [5.41, 5.74) is 0. The zero-order valence-electron chi connectivity index (χ0n) is 18.4. The van der Waals surface area contributed by atoms with E-state index in [1.165, 1.54) is 0 Å². The van der Waals surface area contributed by atoms with Crippen LogP contribution in [0.5, 0.6) is 0 Å². The van der Waals surface area contributed by atoms with Crippen molar-refractivity contribution in [3.8, 4) is 0 Å². The van der Waals surface area contributed by atoms with Gasteiger partial charge in [0.05, 0.1) is 23.3 Å². The van der Waals surface area contributed by atoms with Crippen LogP contribution in [-0.4, -0.2) is 72.1 Å². The minimum atomic E-state index is 0.319. The van der Waals surface area contributed by atoms with Crippen LogP contribution in [0.2, 0.25) is 10.0 Å². The van der Waals surface area contributed by atoms with Gasteiger partial charge in [-0.2, -0.15) is 0 Å². The molecular formula is C21H40Cl2N2O4. The van der Waals surface area contributed by atoms with E-state index in [4.69, 9.17) is 42.6 Å². The molecule has 0 spiro atoms. The van der Waals surface area contributed by atoms with Gasteiger partial charge < -0.3 is 30.0 Å². The molecule has 1 fully saturated rings. The van der Waals surface area contributed by atoms with Crippen molar-refractivity contribution >= 4 is 30.0 Å². The van der Waals surface area contributed by atoms with Gasteiger partial charge in [0, 0.05) is 45.9 Å². The molecule has 0 amide bonds. The maximum Gasteiger partial charge on any atom is 0.106 e. The molecule has 1 saturated heterocycles. The van der Waals surface area contributed by atoms with Crippen LogP contribution in [0.15, 0.2) is 24.3 Å². The van der Waals surface area contributed by atoms with Crippen molar-refractivity contribution in [2.75, 3.05) is 60.2 Å². The molecule has 0 radical (unpaired) electrons. The summed E-state index contributed by atoms with van der Waals surface area (Å²) < 4.78 is 10.0. The molecule has 0 saturated carbocycles. The number of hydrogen-bond donors (Lipinski definition) is 3. The Hall–Kier alpha value is -0.730. The summed E-state index contributed by atoms with van der Waals surface area (Å²) in [5, 5.41) is 15.5. The van der Waals surface area contributed by atoms with Crippen LogP contribution < -0.4 is 10.6 Å². The summed E-state index contributed by atoms with van der Waals surface area (Å²) in [4.78, 5) is 8.00. The van der Waals surface area contributed by atoms with E-state index in [2.05, 4.69) is 17.6 Å². The van der Waals surface area contributed by atoms with Crippen LogP contribution in [-0.2, 0) is 14.3 Å². The maximum absolute atomic E-state index is 8.00. The van der Waals surface area contributed by atoms with E-state index in [0.717, 1.165) is 52.3 Å². The molecule has 1 atom stereocenters. The maximum atomic E-state index is 8.00. The molecule has 1 unspecified atom stereocenters. The molecule has 6 nitrogen and oxygen atoms in total. The van der Waals surface area contributed by atoms with E-state index in [1.807, 2.05) is 32.9 Å². The quantitative estimate of drug-likeness (QED) is 0.629. The summed E-state index contributed by atoms with van der Waals surface area (Å²) in [6.07, 6.45) is 2.00. The lowest BCUT2D eigenvalue weighted by molar-refractivity contribution is -0.0979. The first-order valence-electron chi connectivity index (χ1n) is 9.78. The average molecular weight is 455 g/mol. The van der Waals surface area contributed by atoms with Crippen molar-refractivity contribution in [2.45, 2.75) is 26.7 Å². The zero-order chi connectivity index (χ0) is 22.8. The second kappa shape index (κ2) is 29.5. The molecule has 1 aromatic carbocycles.